The summed E-state index contributed by atoms with van der Waals surface area (Å²) in [5.41, 5.74) is 0.301. The van der Waals surface area contributed by atoms with E-state index in [1.54, 1.807) is 25.4 Å². The number of nitrogens with zero attached hydrogens (tertiary/aromatic N) is 2. The van der Waals surface area contributed by atoms with Crippen molar-refractivity contribution in [1.82, 2.24) is 9.88 Å². The molecule has 0 saturated heterocycles. The summed E-state index contributed by atoms with van der Waals surface area (Å²) in [4.78, 5) is 17.9. The highest BCUT2D eigenvalue weighted by Gasteiger charge is 2.31. The Morgan fingerprint density at radius 1 is 1.63 bits per heavy atom. The summed E-state index contributed by atoms with van der Waals surface area (Å²) in [7, 11) is 1.68. The van der Waals surface area contributed by atoms with Crippen molar-refractivity contribution >= 4 is 5.91 Å². The first-order chi connectivity index (χ1) is 9.13. The Hall–Kier alpha value is -1.62. The molecule has 5 nitrogen and oxygen atoms in total. The smallest absolute Gasteiger partial charge is 0.276 e. The van der Waals surface area contributed by atoms with Gasteiger partial charge in [0.15, 0.2) is 11.4 Å². The number of rotatable bonds is 6. The molecule has 5 heteroatoms. The highest BCUT2D eigenvalue weighted by Crippen LogP contribution is 2.32. The first kappa shape index (κ1) is 13.8. The predicted octanol–water partition coefficient (Wildman–Crippen LogP) is 1.32. The van der Waals surface area contributed by atoms with Crippen LogP contribution in [0.25, 0.3) is 0 Å². The van der Waals surface area contributed by atoms with Gasteiger partial charge in [0.05, 0.1) is 12.7 Å². The van der Waals surface area contributed by atoms with Gasteiger partial charge in [0.25, 0.3) is 5.91 Å². The third kappa shape index (κ3) is 3.44. The molecule has 1 aromatic heterocycles. The minimum atomic E-state index is -0.437. The SMILES string of the molecule is CCOc1cccnc1C(=O)N(C)CC(O)C1CC1. The van der Waals surface area contributed by atoms with Gasteiger partial charge in [-0.3, -0.25) is 4.79 Å². The highest BCUT2D eigenvalue weighted by atomic mass is 16.5. The fourth-order valence-corrected chi connectivity index (χ4v) is 2.00. The van der Waals surface area contributed by atoms with Crippen molar-refractivity contribution < 1.29 is 14.6 Å². The molecule has 1 fully saturated rings. The van der Waals surface area contributed by atoms with E-state index in [-0.39, 0.29) is 5.91 Å². The molecule has 2 rings (SSSR count). The van der Waals surface area contributed by atoms with Crippen LogP contribution in [0, 0.1) is 5.92 Å². The average Bonchev–Trinajstić information content (AvgIpc) is 3.23. The lowest BCUT2D eigenvalue weighted by Crippen LogP contribution is -2.35. The number of hydrogen-bond acceptors (Lipinski definition) is 4. The summed E-state index contributed by atoms with van der Waals surface area (Å²) < 4.78 is 5.40. The molecule has 19 heavy (non-hydrogen) atoms. The molecule has 1 saturated carbocycles. The first-order valence-electron chi connectivity index (χ1n) is 6.64. The molecule has 1 heterocycles. The zero-order valence-corrected chi connectivity index (χ0v) is 11.4. The molecule has 1 aliphatic rings. The molecule has 104 valence electrons. The van der Waals surface area contributed by atoms with Gasteiger partial charge in [0, 0.05) is 19.8 Å². The lowest BCUT2D eigenvalue weighted by atomic mass is 10.2. The summed E-state index contributed by atoms with van der Waals surface area (Å²) in [6.45, 7) is 2.69. The Labute approximate surface area is 113 Å². The van der Waals surface area contributed by atoms with Crippen LogP contribution in [0.5, 0.6) is 5.75 Å². The van der Waals surface area contributed by atoms with Gasteiger partial charge in [-0.2, -0.15) is 0 Å². The maximum Gasteiger partial charge on any atom is 0.276 e. The second-order valence-corrected chi connectivity index (χ2v) is 4.87. The molecule has 0 bridgehead atoms. The van der Waals surface area contributed by atoms with Gasteiger partial charge in [0.2, 0.25) is 0 Å². The molecule has 0 aliphatic heterocycles. The minimum Gasteiger partial charge on any atom is -0.491 e. The summed E-state index contributed by atoms with van der Waals surface area (Å²) in [5, 5.41) is 9.88. The van der Waals surface area contributed by atoms with Crippen LogP contribution in [0.2, 0.25) is 0 Å². The number of likely N-dealkylation sites (N-methyl/N-ethyl adjacent to an activating group) is 1. The van der Waals surface area contributed by atoms with Crippen molar-refractivity contribution in [2.75, 3.05) is 20.2 Å². The number of hydrogen-bond donors (Lipinski definition) is 1. The van der Waals surface area contributed by atoms with Crippen molar-refractivity contribution in [3.63, 3.8) is 0 Å². The van der Waals surface area contributed by atoms with Crippen LogP contribution in [-0.2, 0) is 0 Å². The van der Waals surface area contributed by atoms with Crippen molar-refractivity contribution in [1.29, 1.82) is 0 Å². The van der Waals surface area contributed by atoms with Crippen LogP contribution in [0.15, 0.2) is 18.3 Å². The maximum atomic E-state index is 12.3. The molecule has 1 amide bonds. The van der Waals surface area contributed by atoms with Gasteiger partial charge in [-0.1, -0.05) is 0 Å². The zero-order valence-electron chi connectivity index (χ0n) is 11.4. The molecular weight excluding hydrogens is 244 g/mol. The second kappa shape index (κ2) is 6.02. The second-order valence-electron chi connectivity index (χ2n) is 4.87. The number of amides is 1. The summed E-state index contributed by atoms with van der Waals surface area (Å²) >= 11 is 0. The van der Waals surface area contributed by atoms with Crippen LogP contribution >= 0.6 is 0 Å². The Morgan fingerprint density at radius 3 is 3.00 bits per heavy atom. The first-order valence-corrected chi connectivity index (χ1v) is 6.64. The molecule has 1 aliphatic carbocycles. The van der Waals surface area contributed by atoms with Crippen LogP contribution in [0.4, 0.5) is 0 Å². The van der Waals surface area contributed by atoms with Crippen LogP contribution in [0.3, 0.4) is 0 Å². The van der Waals surface area contributed by atoms with E-state index in [4.69, 9.17) is 4.74 Å². The molecular formula is C14H20N2O3. The number of ether oxygens (including phenoxy) is 1. The van der Waals surface area contributed by atoms with Gasteiger partial charge in [-0.15, -0.1) is 0 Å². The molecule has 0 radical (unpaired) electrons. The van der Waals surface area contributed by atoms with Crippen LogP contribution < -0.4 is 4.74 Å². The highest BCUT2D eigenvalue weighted by molar-refractivity contribution is 5.94. The van der Waals surface area contributed by atoms with Crippen LogP contribution in [0.1, 0.15) is 30.3 Å². The normalized spacial score (nSPS) is 15.9. The van der Waals surface area contributed by atoms with Gasteiger partial charge >= 0.3 is 0 Å². The van der Waals surface area contributed by atoms with Gasteiger partial charge in [-0.25, -0.2) is 4.98 Å². The van der Waals surface area contributed by atoms with Crippen LogP contribution in [-0.4, -0.2) is 47.2 Å². The summed E-state index contributed by atoms with van der Waals surface area (Å²) in [5.74, 6) is 0.622. The van der Waals surface area contributed by atoms with Gasteiger partial charge < -0.3 is 14.7 Å². The monoisotopic (exact) mass is 264 g/mol. The predicted molar refractivity (Wildman–Crippen MR) is 71.1 cm³/mol. The third-order valence-corrected chi connectivity index (χ3v) is 3.25. The Bertz CT molecular complexity index is 446. The minimum absolute atomic E-state index is 0.219. The van der Waals surface area contributed by atoms with Gasteiger partial charge in [0.1, 0.15) is 0 Å². The lowest BCUT2D eigenvalue weighted by molar-refractivity contribution is 0.0636. The standard InChI is InChI=1S/C14H20N2O3/c1-3-19-12-5-4-8-15-13(12)14(18)16(2)9-11(17)10-6-7-10/h4-5,8,10-11,17H,3,6-7,9H2,1-2H3. The third-order valence-electron chi connectivity index (χ3n) is 3.25. The maximum absolute atomic E-state index is 12.3. The Kier molecular flexibility index (Phi) is 4.37. The van der Waals surface area contributed by atoms with Crippen molar-refractivity contribution in [3.8, 4) is 5.75 Å². The quantitative estimate of drug-likeness (QED) is 0.842. The summed E-state index contributed by atoms with van der Waals surface area (Å²) in [6, 6.07) is 3.47. The van der Waals surface area contributed by atoms with E-state index in [0.717, 1.165) is 12.8 Å². The van der Waals surface area contributed by atoms with Crippen molar-refractivity contribution in [2.24, 2.45) is 5.92 Å². The largest absolute Gasteiger partial charge is 0.491 e. The van der Waals surface area contributed by atoms with E-state index in [0.29, 0.717) is 30.5 Å². The van der Waals surface area contributed by atoms with E-state index < -0.39 is 6.10 Å². The molecule has 1 atom stereocenters. The number of aliphatic hydroxyl groups is 1. The number of pyridine rings is 1. The molecule has 0 aromatic carbocycles. The zero-order chi connectivity index (χ0) is 13.8. The Morgan fingerprint density at radius 2 is 2.37 bits per heavy atom. The summed E-state index contributed by atoms with van der Waals surface area (Å²) in [6.07, 6.45) is 3.24. The van der Waals surface area contributed by atoms with E-state index in [9.17, 15) is 9.90 Å². The van der Waals surface area contributed by atoms with Crippen molar-refractivity contribution in [2.45, 2.75) is 25.9 Å². The number of aromatic nitrogens is 1. The number of aliphatic hydroxyl groups excluding tert-OH is 1. The van der Waals surface area contributed by atoms with E-state index in [1.807, 2.05) is 6.92 Å². The molecule has 0 spiro atoms. The molecule has 1 N–H and O–H groups in total. The number of carbonyl (C=O) groups is 1. The fraction of sp³-hybridized carbons (Fsp3) is 0.571. The fourth-order valence-electron chi connectivity index (χ4n) is 2.00. The van der Waals surface area contributed by atoms with E-state index >= 15 is 0 Å². The van der Waals surface area contributed by atoms with Gasteiger partial charge in [-0.05, 0) is 37.8 Å². The lowest BCUT2D eigenvalue weighted by Gasteiger charge is -2.21. The Balaban J connectivity index is 2.05. The topological polar surface area (TPSA) is 62.7 Å². The molecule has 1 unspecified atom stereocenters. The van der Waals surface area contributed by atoms with Crippen molar-refractivity contribution in [3.05, 3.63) is 24.0 Å². The average molecular weight is 264 g/mol. The molecule has 1 aromatic rings. The number of carbonyl (C=O) groups excluding carboxylic acids is 1. The van der Waals surface area contributed by atoms with E-state index in [1.165, 1.54) is 4.90 Å². The van der Waals surface area contributed by atoms with E-state index in [2.05, 4.69) is 4.98 Å².